The Bertz CT molecular complexity index is 776. The van der Waals surface area contributed by atoms with Crippen molar-refractivity contribution in [1.29, 1.82) is 0 Å². The van der Waals surface area contributed by atoms with E-state index in [1.165, 1.54) is 5.56 Å². The van der Waals surface area contributed by atoms with Crippen molar-refractivity contribution in [3.8, 4) is 0 Å². The van der Waals surface area contributed by atoms with Gasteiger partial charge in [-0.2, -0.15) is 17.5 Å². The topological polar surface area (TPSA) is 73.8 Å². The van der Waals surface area contributed by atoms with E-state index in [1.807, 2.05) is 18.2 Å². The van der Waals surface area contributed by atoms with Gasteiger partial charge in [-0.05, 0) is 31.2 Å². The number of nitrogens with one attached hydrogen (secondary N) is 2. The Morgan fingerprint density at radius 2 is 1.79 bits per heavy atom. The van der Waals surface area contributed by atoms with E-state index in [1.54, 1.807) is 7.05 Å². The van der Waals surface area contributed by atoms with E-state index >= 15 is 0 Å². The molecule has 1 fully saturated rings. The lowest BCUT2D eigenvalue weighted by molar-refractivity contribution is -0.0496. The van der Waals surface area contributed by atoms with Gasteiger partial charge in [0.1, 0.15) is 0 Å². The molecule has 0 saturated carbocycles. The van der Waals surface area contributed by atoms with E-state index in [4.69, 9.17) is 0 Å². The summed E-state index contributed by atoms with van der Waals surface area (Å²) in [5, 5.41) is 6.55. The molecular formula is C19H29F3N4O2S. The predicted octanol–water partition coefficient (Wildman–Crippen LogP) is 2.91. The quantitative estimate of drug-likeness (QED) is 0.533. The Kier molecular flexibility index (Phi) is 7.93. The molecule has 1 aromatic carbocycles. The van der Waals surface area contributed by atoms with Gasteiger partial charge in [-0.15, -0.1) is 0 Å². The summed E-state index contributed by atoms with van der Waals surface area (Å²) >= 11 is 0. The molecule has 1 aliphatic heterocycles. The highest BCUT2D eigenvalue weighted by Gasteiger charge is 2.50. The SMILES string of the molecule is CN=C(NCC1CCN(S(=O)(=O)C(F)(F)F)CC1)NC(C)C(C)c1ccccc1. The number of piperidine rings is 1. The molecule has 1 saturated heterocycles. The van der Waals surface area contributed by atoms with Crippen LogP contribution >= 0.6 is 0 Å². The maximum absolute atomic E-state index is 12.7. The standard InChI is InChI=1S/C19H29F3N4O2S/c1-14(17-7-5-4-6-8-17)15(2)25-18(23-3)24-13-16-9-11-26(12-10-16)29(27,28)19(20,21)22/h4-8,14-16H,9-13H2,1-3H3,(H2,23,24,25). The minimum Gasteiger partial charge on any atom is -0.356 e. The first kappa shape index (κ1) is 23.5. The molecule has 1 aliphatic rings. The Balaban J connectivity index is 1.82. The smallest absolute Gasteiger partial charge is 0.356 e. The zero-order chi connectivity index (χ0) is 21.7. The number of nitrogens with zero attached hydrogens (tertiary/aromatic N) is 2. The van der Waals surface area contributed by atoms with Crippen molar-refractivity contribution in [3.63, 3.8) is 0 Å². The summed E-state index contributed by atoms with van der Waals surface area (Å²) in [6, 6.07) is 10.2. The van der Waals surface area contributed by atoms with Gasteiger partial charge in [0.25, 0.3) is 0 Å². The van der Waals surface area contributed by atoms with E-state index in [0.717, 1.165) is 0 Å². The molecule has 0 radical (unpaired) electrons. The Morgan fingerprint density at radius 1 is 1.21 bits per heavy atom. The largest absolute Gasteiger partial charge is 0.511 e. The molecule has 2 rings (SSSR count). The molecule has 1 heterocycles. The van der Waals surface area contributed by atoms with Gasteiger partial charge < -0.3 is 10.6 Å². The van der Waals surface area contributed by atoms with Gasteiger partial charge >= 0.3 is 15.5 Å². The lowest BCUT2D eigenvalue weighted by Crippen LogP contribution is -2.48. The van der Waals surface area contributed by atoms with Gasteiger partial charge in [0, 0.05) is 38.6 Å². The summed E-state index contributed by atoms with van der Waals surface area (Å²) in [5.41, 5.74) is -4.03. The van der Waals surface area contributed by atoms with Crippen LogP contribution in [0, 0.1) is 5.92 Å². The van der Waals surface area contributed by atoms with Crippen molar-refractivity contribution in [1.82, 2.24) is 14.9 Å². The monoisotopic (exact) mass is 434 g/mol. The second kappa shape index (κ2) is 9.80. The molecular weight excluding hydrogens is 405 g/mol. The second-order valence-electron chi connectivity index (χ2n) is 7.38. The number of alkyl halides is 3. The highest BCUT2D eigenvalue weighted by molar-refractivity contribution is 7.90. The molecule has 10 heteroatoms. The number of guanidine groups is 1. The number of rotatable bonds is 6. The molecule has 6 nitrogen and oxygen atoms in total. The fraction of sp³-hybridized carbons (Fsp3) is 0.632. The Morgan fingerprint density at radius 3 is 2.31 bits per heavy atom. The lowest BCUT2D eigenvalue weighted by Gasteiger charge is -2.32. The van der Waals surface area contributed by atoms with Crippen LogP contribution in [-0.2, 0) is 10.0 Å². The number of benzene rings is 1. The Hall–Kier alpha value is -1.81. The van der Waals surface area contributed by atoms with E-state index in [2.05, 4.69) is 41.6 Å². The highest BCUT2D eigenvalue weighted by atomic mass is 32.2. The predicted molar refractivity (Wildman–Crippen MR) is 108 cm³/mol. The van der Waals surface area contributed by atoms with Crippen LogP contribution in [0.3, 0.4) is 0 Å². The molecule has 2 unspecified atom stereocenters. The van der Waals surface area contributed by atoms with Crippen LogP contribution in [0.25, 0.3) is 0 Å². The van der Waals surface area contributed by atoms with Crippen LogP contribution in [0.2, 0.25) is 0 Å². The fourth-order valence-corrected chi connectivity index (χ4v) is 4.31. The first-order valence-electron chi connectivity index (χ1n) is 9.64. The third kappa shape index (κ3) is 6.08. The third-order valence-electron chi connectivity index (χ3n) is 5.43. The van der Waals surface area contributed by atoms with E-state index in [-0.39, 0.29) is 31.0 Å². The van der Waals surface area contributed by atoms with Crippen molar-refractivity contribution in [2.75, 3.05) is 26.7 Å². The van der Waals surface area contributed by atoms with Gasteiger partial charge in [-0.3, -0.25) is 4.99 Å². The van der Waals surface area contributed by atoms with Crippen LogP contribution in [0.5, 0.6) is 0 Å². The van der Waals surface area contributed by atoms with Gasteiger partial charge in [0.2, 0.25) is 0 Å². The van der Waals surface area contributed by atoms with E-state index < -0.39 is 15.5 Å². The average molecular weight is 435 g/mol. The molecule has 1 aromatic rings. The molecule has 2 N–H and O–H groups in total. The number of sulfonamides is 1. The number of hydrogen-bond acceptors (Lipinski definition) is 3. The van der Waals surface area contributed by atoms with Crippen LogP contribution in [-0.4, -0.2) is 56.9 Å². The second-order valence-corrected chi connectivity index (χ2v) is 9.31. The maximum Gasteiger partial charge on any atom is 0.511 e. The normalized spacial score (nSPS) is 19.6. The molecule has 0 bridgehead atoms. The molecule has 0 spiro atoms. The van der Waals surface area contributed by atoms with Crippen LogP contribution in [0.1, 0.15) is 38.2 Å². The molecule has 164 valence electrons. The highest BCUT2D eigenvalue weighted by Crippen LogP contribution is 2.30. The minimum absolute atomic E-state index is 0.0788. The maximum atomic E-state index is 12.7. The van der Waals surface area contributed by atoms with Gasteiger partial charge in [0.05, 0.1) is 0 Å². The number of halogens is 3. The molecule has 2 atom stereocenters. The summed E-state index contributed by atoms with van der Waals surface area (Å²) in [4.78, 5) is 4.21. The van der Waals surface area contributed by atoms with Crippen molar-refractivity contribution in [3.05, 3.63) is 35.9 Å². The molecule has 29 heavy (non-hydrogen) atoms. The summed E-state index contributed by atoms with van der Waals surface area (Å²) in [5.74, 6) is 0.950. The Labute approximate surface area is 170 Å². The molecule has 0 aliphatic carbocycles. The van der Waals surface area contributed by atoms with E-state index in [9.17, 15) is 21.6 Å². The summed E-state index contributed by atoms with van der Waals surface area (Å²) in [6.07, 6.45) is 0.741. The summed E-state index contributed by atoms with van der Waals surface area (Å²) in [6.45, 7) is 4.46. The minimum atomic E-state index is -5.24. The van der Waals surface area contributed by atoms with Crippen LogP contribution in [0.15, 0.2) is 35.3 Å². The van der Waals surface area contributed by atoms with Crippen molar-refractivity contribution in [2.45, 2.75) is 44.2 Å². The molecule has 0 amide bonds. The first-order valence-corrected chi connectivity index (χ1v) is 11.1. The third-order valence-corrected chi connectivity index (χ3v) is 7.06. The number of hydrogen-bond donors (Lipinski definition) is 2. The fourth-order valence-electron chi connectivity index (χ4n) is 3.32. The van der Waals surface area contributed by atoms with Gasteiger partial charge in [0.15, 0.2) is 5.96 Å². The average Bonchev–Trinajstić information content (AvgIpc) is 2.70. The van der Waals surface area contributed by atoms with Crippen LogP contribution < -0.4 is 10.6 Å². The van der Waals surface area contributed by atoms with Crippen molar-refractivity contribution >= 4 is 16.0 Å². The number of aliphatic imine (C=N–C) groups is 1. The van der Waals surface area contributed by atoms with Gasteiger partial charge in [-0.1, -0.05) is 37.3 Å². The van der Waals surface area contributed by atoms with Crippen molar-refractivity contribution in [2.24, 2.45) is 10.9 Å². The molecule has 0 aromatic heterocycles. The zero-order valence-electron chi connectivity index (χ0n) is 16.9. The van der Waals surface area contributed by atoms with Crippen LogP contribution in [0.4, 0.5) is 13.2 Å². The van der Waals surface area contributed by atoms with Crippen molar-refractivity contribution < 1.29 is 21.6 Å². The summed E-state index contributed by atoms with van der Waals surface area (Å²) < 4.78 is 61.5. The van der Waals surface area contributed by atoms with E-state index in [0.29, 0.717) is 29.7 Å². The van der Waals surface area contributed by atoms with Gasteiger partial charge in [-0.25, -0.2) is 8.42 Å². The lowest BCUT2D eigenvalue weighted by atomic mass is 9.94. The zero-order valence-corrected chi connectivity index (χ0v) is 17.7. The first-order chi connectivity index (χ1) is 13.6. The summed E-state index contributed by atoms with van der Waals surface area (Å²) in [7, 11) is -3.57.